The number of amidine groups is 1. The highest BCUT2D eigenvalue weighted by molar-refractivity contribution is 9.10. The third-order valence-electron chi connectivity index (χ3n) is 3.50. The largest absolute Gasteiger partial charge is 0.488 e. The van der Waals surface area contributed by atoms with Crippen molar-refractivity contribution in [2.45, 2.75) is 13.5 Å². The lowest BCUT2D eigenvalue weighted by Crippen LogP contribution is -2.23. The van der Waals surface area contributed by atoms with Crippen LogP contribution in [0.15, 0.2) is 56.8 Å². The Balaban J connectivity index is 1.69. The maximum absolute atomic E-state index is 13.7. The Labute approximate surface area is 167 Å². The van der Waals surface area contributed by atoms with E-state index in [9.17, 15) is 14.0 Å². The number of carbonyl (C=O) groups is 2. The number of carbonyl (C=O) groups excluding carboxylic acids is 2. The summed E-state index contributed by atoms with van der Waals surface area (Å²) >= 11 is 4.53. The lowest BCUT2D eigenvalue weighted by molar-refractivity contribution is -0.117. The number of aliphatic imine (C=N–C) groups is 1. The molecule has 0 aromatic heterocycles. The van der Waals surface area contributed by atoms with Crippen LogP contribution >= 0.6 is 27.7 Å². The fraction of sp³-hybridized carbons (Fsp3) is 0.105. The second kappa shape index (κ2) is 8.49. The maximum Gasteiger partial charge on any atom is 0.286 e. The zero-order chi connectivity index (χ0) is 19.4. The van der Waals surface area contributed by atoms with Crippen molar-refractivity contribution in [1.82, 2.24) is 5.32 Å². The van der Waals surface area contributed by atoms with Gasteiger partial charge in [0.15, 0.2) is 5.17 Å². The number of amides is 2. The summed E-state index contributed by atoms with van der Waals surface area (Å²) in [6.45, 7) is 1.46. The first-order valence-electron chi connectivity index (χ1n) is 7.88. The number of nitrogens with one attached hydrogen (secondary N) is 1. The number of nitrogens with zero attached hydrogens (tertiary/aromatic N) is 1. The molecule has 0 radical (unpaired) electrons. The van der Waals surface area contributed by atoms with Crippen molar-refractivity contribution in [1.29, 1.82) is 0 Å². The number of rotatable bonds is 4. The highest BCUT2D eigenvalue weighted by atomic mass is 79.9. The molecule has 2 aromatic rings. The van der Waals surface area contributed by atoms with E-state index < -0.39 is 5.91 Å². The van der Waals surface area contributed by atoms with Crippen molar-refractivity contribution in [2.75, 3.05) is 0 Å². The molecule has 1 aliphatic rings. The molecule has 0 fully saturated rings. The predicted molar refractivity (Wildman–Crippen MR) is 107 cm³/mol. The summed E-state index contributed by atoms with van der Waals surface area (Å²) in [7, 11) is 0. The van der Waals surface area contributed by atoms with E-state index in [1.165, 1.54) is 13.0 Å². The fourth-order valence-electron chi connectivity index (χ4n) is 2.26. The number of halogens is 2. The van der Waals surface area contributed by atoms with E-state index in [0.717, 1.165) is 17.3 Å². The Kier molecular flexibility index (Phi) is 6.08. The molecule has 0 aliphatic carbocycles. The molecule has 2 aromatic carbocycles. The minimum atomic E-state index is -0.403. The fourth-order valence-corrected chi connectivity index (χ4v) is 3.63. The molecule has 3 rings (SSSR count). The molecule has 5 nitrogen and oxygen atoms in total. The smallest absolute Gasteiger partial charge is 0.286 e. The van der Waals surface area contributed by atoms with Gasteiger partial charge in [-0.25, -0.2) is 4.39 Å². The second-order valence-corrected chi connectivity index (χ2v) is 7.47. The third-order valence-corrected chi connectivity index (χ3v) is 5.02. The van der Waals surface area contributed by atoms with Crippen LogP contribution in [-0.2, 0) is 16.2 Å². The Bertz CT molecular complexity index is 975. The molecule has 0 spiro atoms. The first-order valence-corrected chi connectivity index (χ1v) is 9.49. The van der Waals surface area contributed by atoms with Crippen LogP contribution in [0.3, 0.4) is 0 Å². The highest BCUT2D eigenvalue weighted by Crippen LogP contribution is 2.31. The van der Waals surface area contributed by atoms with Crippen LogP contribution in [0.2, 0.25) is 0 Å². The summed E-state index contributed by atoms with van der Waals surface area (Å²) < 4.78 is 20.0. The molecule has 0 saturated heterocycles. The van der Waals surface area contributed by atoms with Crippen molar-refractivity contribution in [3.8, 4) is 5.75 Å². The molecule has 0 atom stereocenters. The quantitative estimate of drug-likeness (QED) is 0.708. The van der Waals surface area contributed by atoms with E-state index in [1.54, 1.807) is 42.5 Å². The zero-order valence-electron chi connectivity index (χ0n) is 14.2. The molecule has 1 heterocycles. The van der Waals surface area contributed by atoms with Gasteiger partial charge in [-0.15, -0.1) is 0 Å². The first-order chi connectivity index (χ1) is 12.9. The molecular formula is C19H14BrFN2O3S. The summed E-state index contributed by atoms with van der Waals surface area (Å²) in [5.41, 5.74) is 1.22. The van der Waals surface area contributed by atoms with Gasteiger partial charge in [-0.3, -0.25) is 9.59 Å². The monoisotopic (exact) mass is 448 g/mol. The van der Waals surface area contributed by atoms with E-state index >= 15 is 0 Å². The van der Waals surface area contributed by atoms with Gasteiger partial charge in [-0.05, 0) is 57.5 Å². The van der Waals surface area contributed by atoms with Crippen LogP contribution in [0.25, 0.3) is 6.08 Å². The van der Waals surface area contributed by atoms with Gasteiger partial charge >= 0.3 is 0 Å². The Morgan fingerprint density at radius 1 is 1.33 bits per heavy atom. The Hall–Kier alpha value is -2.45. The maximum atomic E-state index is 13.7. The lowest BCUT2D eigenvalue weighted by Gasteiger charge is -2.09. The van der Waals surface area contributed by atoms with Crippen molar-refractivity contribution in [3.05, 3.63) is 68.8 Å². The number of benzene rings is 2. The number of hydrogen-bond acceptors (Lipinski definition) is 4. The Morgan fingerprint density at radius 3 is 2.81 bits per heavy atom. The summed E-state index contributed by atoms with van der Waals surface area (Å²) in [4.78, 5) is 27.2. The average Bonchev–Trinajstić information content (AvgIpc) is 2.94. The molecule has 8 heteroatoms. The van der Waals surface area contributed by atoms with Crippen LogP contribution in [0.5, 0.6) is 5.75 Å². The van der Waals surface area contributed by atoms with Crippen LogP contribution in [0.1, 0.15) is 18.1 Å². The van der Waals surface area contributed by atoms with Crippen molar-refractivity contribution >= 4 is 50.7 Å². The zero-order valence-corrected chi connectivity index (χ0v) is 16.6. The number of thioether (sulfide) groups is 1. The molecule has 0 unspecified atom stereocenters. The number of hydrogen-bond donors (Lipinski definition) is 1. The van der Waals surface area contributed by atoms with E-state index in [-0.39, 0.29) is 23.5 Å². The highest BCUT2D eigenvalue weighted by Gasteiger charge is 2.22. The van der Waals surface area contributed by atoms with Crippen molar-refractivity contribution < 1.29 is 18.7 Å². The van der Waals surface area contributed by atoms with Crippen LogP contribution in [0, 0.1) is 5.82 Å². The van der Waals surface area contributed by atoms with Crippen molar-refractivity contribution in [2.24, 2.45) is 4.99 Å². The summed E-state index contributed by atoms with van der Waals surface area (Å²) in [6, 6.07) is 11.7. The van der Waals surface area contributed by atoms with E-state index in [2.05, 4.69) is 26.2 Å². The summed E-state index contributed by atoms with van der Waals surface area (Å²) in [6.07, 6.45) is 1.68. The molecular weight excluding hydrogens is 435 g/mol. The van der Waals surface area contributed by atoms with Gasteiger partial charge in [-0.2, -0.15) is 4.99 Å². The van der Waals surface area contributed by atoms with Gasteiger partial charge in [-0.1, -0.05) is 24.3 Å². The second-order valence-electron chi connectivity index (χ2n) is 5.58. The average molecular weight is 449 g/mol. The van der Waals surface area contributed by atoms with Gasteiger partial charge in [0.25, 0.3) is 5.91 Å². The van der Waals surface area contributed by atoms with Gasteiger partial charge in [0.05, 0.1) is 9.38 Å². The van der Waals surface area contributed by atoms with E-state index in [1.807, 2.05) is 0 Å². The minimum absolute atomic E-state index is 0.105. The van der Waals surface area contributed by atoms with Gasteiger partial charge in [0.1, 0.15) is 18.2 Å². The van der Waals surface area contributed by atoms with Crippen LogP contribution in [0.4, 0.5) is 4.39 Å². The van der Waals surface area contributed by atoms with E-state index in [0.29, 0.717) is 20.7 Å². The van der Waals surface area contributed by atoms with Gasteiger partial charge < -0.3 is 10.1 Å². The molecule has 0 saturated carbocycles. The molecule has 0 bridgehead atoms. The lowest BCUT2D eigenvalue weighted by atomic mass is 10.2. The molecule has 1 N–H and O–H groups in total. The van der Waals surface area contributed by atoms with E-state index in [4.69, 9.17) is 4.74 Å². The molecule has 138 valence electrons. The molecule has 2 amide bonds. The predicted octanol–water partition coefficient (Wildman–Crippen LogP) is 4.27. The normalized spacial score (nSPS) is 15.0. The third kappa shape index (κ3) is 5.05. The summed E-state index contributed by atoms with van der Waals surface area (Å²) in [5, 5.41) is 2.76. The molecule has 27 heavy (non-hydrogen) atoms. The minimum Gasteiger partial charge on any atom is -0.488 e. The number of ether oxygens (including phenoxy) is 1. The van der Waals surface area contributed by atoms with Gasteiger partial charge in [0.2, 0.25) is 5.91 Å². The summed E-state index contributed by atoms with van der Waals surface area (Å²) in [5.74, 6) is -0.447. The topological polar surface area (TPSA) is 67.8 Å². The SMILES string of the molecule is CC(=O)NC1=NC(=O)/C(=C/c2ccc(OCc3ccccc3F)c(Br)c2)S1. The standard InChI is InChI=1S/C19H14BrFN2O3S/c1-11(24)22-19-23-18(25)17(27-19)9-12-6-7-16(14(20)8-12)26-10-13-4-2-3-5-15(13)21/h2-9H,10H2,1H3,(H,22,23,24,25)/b17-9-. The van der Waals surface area contributed by atoms with Gasteiger partial charge in [0, 0.05) is 12.5 Å². The first kappa shape index (κ1) is 19.3. The molecule has 1 aliphatic heterocycles. The van der Waals surface area contributed by atoms with Crippen molar-refractivity contribution in [3.63, 3.8) is 0 Å². The van der Waals surface area contributed by atoms with Crippen LogP contribution in [-0.4, -0.2) is 17.0 Å². The Morgan fingerprint density at radius 2 is 2.11 bits per heavy atom. The van der Waals surface area contributed by atoms with Crippen LogP contribution < -0.4 is 10.1 Å².